The molecule has 1 rings (SSSR count). The van der Waals surface area contributed by atoms with Crippen molar-refractivity contribution in [3.8, 4) is 0 Å². The van der Waals surface area contributed by atoms with E-state index >= 15 is 0 Å². The summed E-state index contributed by atoms with van der Waals surface area (Å²) in [4.78, 5) is 20.7. The maximum Gasteiger partial charge on any atom is 0.338 e. The van der Waals surface area contributed by atoms with Crippen LogP contribution in [0, 0.1) is 0 Å². The van der Waals surface area contributed by atoms with E-state index in [1.807, 2.05) is 0 Å². The molecule has 0 bridgehead atoms. The smallest absolute Gasteiger partial charge is 0.338 e. The second kappa shape index (κ2) is 3.36. The minimum atomic E-state index is -1.08. The van der Waals surface area contributed by atoms with Gasteiger partial charge in [-0.2, -0.15) is 5.10 Å². The molecule has 64 valence electrons. The number of hydrogen-bond acceptors (Lipinski definition) is 3. The lowest BCUT2D eigenvalue weighted by atomic mass is 10.4. The standard InChI is InChI=1S/C6H5ClN2O3/c7-5(10)3-9-2-4(1-8-9)6(11)12/h1-2H,3H2,(H,11,12). The minimum absolute atomic E-state index is 0.0351. The van der Waals surface area contributed by atoms with Crippen LogP contribution in [-0.2, 0) is 11.3 Å². The van der Waals surface area contributed by atoms with Crippen LogP contribution in [0.1, 0.15) is 10.4 Å². The van der Waals surface area contributed by atoms with Gasteiger partial charge in [0, 0.05) is 6.20 Å². The molecular weight excluding hydrogens is 184 g/mol. The maximum atomic E-state index is 10.3. The molecule has 0 aliphatic carbocycles. The number of hydrogen-bond donors (Lipinski definition) is 1. The predicted molar refractivity (Wildman–Crippen MR) is 40.0 cm³/mol. The molecule has 0 atom stereocenters. The predicted octanol–water partition coefficient (Wildman–Crippen LogP) is 0.347. The van der Waals surface area contributed by atoms with Gasteiger partial charge in [-0.15, -0.1) is 0 Å². The molecule has 1 aromatic heterocycles. The van der Waals surface area contributed by atoms with Gasteiger partial charge in [-0.3, -0.25) is 9.48 Å². The van der Waals surface area contributed by atoms with Crippen LogP contribution in [0.5, 0.6) is 0 Å². The van der Waals surface area contributed by atoms with Crippen molar-refractivity contribution in [2.75, 3.05) is 0 Å². The molecular formula is C6H5ClN2O3. The topological polar surface area (TPSA) is 72.2 Å². The number of aromatic nitrogens is 2. The minimum Gasteiger partial charge on any atom is -0.478 e. The summed E-state index contributed by atoms with van der Waals surface area (Å²) < 4.78 is 1.17. The summed E-state index contributed by atoms with van der Waals surface area (Å²) in [5.41, 5.74) is 0.0351. The molecule has 1 aromatic rings. The summed E-state index contributed by atoms with van der Waals surface area (Å²) in [6.45, 7) is -0.116. The Bertz CT molecular complexity index is 320. The Morgan fingerprint density at radius 1 is 1.67 bits per heavy atom. The molecule has 0 spiro atoms. The number of halogens is 1. The first-order valence-electron chi connectivity index (χ1n) is 3.03. The zero-order chi connectivity index (χ0) is 9.14. The van der Waals surface area contributed by atoms with E-state index in [1.54, 1.807) is 0 Å². The lowest BCUT2D eigenvalue weighted by Gasteiger charge is -1.91. The molecule has 0 aliphatic heterocycles. The summed E-state index contributed by atoms with van der Waals surface area (Å²) in [5.74, 6) is -1.08. The lowest BCUT2D eigenvalue weighted by molar-refractivity contribution is -0.112. The summed E-state index contributed by atoms with van der Waals surface area (Å²) in [7, 11) is 0. The second-order valence-corrected chi connectivity index (χ2v) is 2.51. The Balaban J connectivity index is 2.77. The van der Waals surface area contributed by atoms with Crippen LogP contribution in [-0.4, -0.2) is 26.1 Å². The molecule has 12 heavy (non-hydrogen) atoms. The Morgan fingerprint density at radius 2 is 2.33 bits per heavy atom. The van der Waals surface area contributed by atoms with Gasteiger partial charge in [0.1, 0.15) is 6.54 Å². The number of rotatable bonds is 3. The van der Waals surface area contributed by atoms with Crippen molar-refractivity contribution in [3.63, 3.8) is 0 Å². The third-order valence-corrected chi connectivity index (χ3v) is 1.29. The third-order valence-electron chi connectivity index (χ3n) is 1.17. The summed E-state index contributed by atoms with van der Waals surface area (Å²) in [5, 5.41) is 11.5. The molecule has 0 saturated heterocycles. The van der Waals surface area contributed by atoms with E-state index in [4.69, 9.17) is 16.7 Å². The Morgan fingerprint density at radius 3 is 2.75 bits per heavy atom. The molecule has 0 aliphatic rings. The van der Waals surface area contributed by atoms with E-state index in [0.717, 1.165) is 6.20 Å². The normalized spacial score (nSPS) is 9.75. The van der Waals surface area contributed by atoms with Gasteiger partial charge < -0.3 is 5.11 Å². The summed E-state index contributed by atoms with van der Waals surface area (Å²) >= 11 is 5.05. The molecule has 1 heterocycles. The molecule has 0 aromatic carbocycles. The van der Waals surface area contributed by atoms with Crippen molar-refractivity contribution in [2.24, 2.45) is 0 Å². The van der Waals surface area contributed by atoms with Crippen molar-refractivity contribution in [2.45, 2.75) is 6.54 Å². The quantitative estimate of drug-likeness (QED) is 0.695. The van der Waals surface area contributed by atoms with E-state index in [2.05, 4.69) is 5.10 Å². The van der Waals surface area contributed by atoms with Crippen LogP contribution >= 0.6 is 11.6 Å². The van der Waals surface area contributed by atoms with Crippen LogP contribution in [0.25, 0.3) is 0 Å². The number of carboxylic acids is 1. The van der Waals surface area contributed by atoms with Crippen molar-refractivity contribution in [1.82, 2.24) is 9.78 Å². The molecule has 6 heteroatoms. The van der Waals surface area contributed by atoms with Crippen molar-refractivity contribution in [1.29, 1.82) is 0 Å². The molecule has 0 radical (unpaired) electrons. The second-order valence-electron chi connectivity index (χ2n) is 2.09. The molecule has 0 amide bonds. The fourth-order valence-electron chi connectivity index (χ4n) is 0.688. The first-order chi connectivity index (χ1) is 5.59. The number of nitrogens with zero attached hydrogens (tertiary/aromatic N) is 2. The number of aromatic carboxylic acids is 1. The van der Waals surface area contributed by atoms with Gasteiger partial charge in [0.2, 0.25) is 5.24 Å². The maximum absolute atomic E-state index is 10.3. The number of carbonyl (C=O) groups excluding carboxylic acids is 1. The van der Waals surface area contributed by atoms with Crippen molar-refractivity contribution in [3.05, 3.63) is 18.0 Å². The fourth-order valence-corrected chi connectivity index (χ4v) is 0.810. The molecule has 0 fully saturated rings. The Labute approximate surface area is 72.6 Å². The third kappa shape index (κ3) is 2.06. The first kappa shape index (κ1) is 8.73. The molecule has 0 unspecified atom stereocenters. The van der Waals surface area contributed by atoms with Crippen LogP contribution in [0.4, 0.5) is 0 Å². The van der Waals surface area contributed by atoms with Crippen molar-refractivity contribution >= 4 is 22.8 Å². The highest BCUT2D eigenvalue weighted by atomic mass is 35.5. The largest absolute Gasteiger partial charge is 0.478 e. The number of carboxylic acid groups (broad SMARTS) is 1. The van der Waals surface area contributed by atoms with Gasteiger partial charge in [0.25, 0.3) is 0 Å². The van der Waals surface area contributed by atoms with Crippen LogP contribution < -0.4 is 0 Å². The van der Waals surface area contributed by atoms with E-state index in [-0.39, 0.29) is 12.1 Å². The van der Waals surface area contributed by atoms with Crippen LogP contribution in [0.3, 0.4) is 0 Å². The average Bonchev–Trinajstić information content (AvgIpc) is 2.34. The lowest BCUT2D eigenvalue weighted by Crippen LogP contribution is -2.04. The first-order valence-corrected chi connectivity index (χ1v) is 3.41. The van der Waals surface area contributed by atoms with Gasteiger partial charge in [-0.05, 0) is 11.6 Å². The highest BCUT2D eigenvalue weighted by Crippen LogP contribution is 1.97. The highest BCUT2D eigenvalue weighted by molar-refractivity contribution is 6.63. The van der Waals surface area contributed by atoms with Gasteiger partial charge >= 0.3 is 5.97 Å². The SMILES string of the molecule is O=C(Cl)Cn1cc(C(=O)O)cn1. The van der Waals surface area contributed by atoms with Gasteiger partial charge in [0.05, 0.1) is 11.8 Å². The van der Waals surface area contributed by atoms with Crippen LogP contribution in [0.15, 0.2) is 12.4 Å². The highest BCUT2D eigenvalue weighted by Gasteiger charge is 2.06. The number of carbonyl (C=O) groups is 2. The Kier molecular flexibility index (Phi) is 2.44. The van der Waals surface area contributed by atoms with Gasteiger partial charge in [0.15, 0.2) is 0 Å². The zero-order valence-corrected chi connectivity index (χ0v) is 6.65. The van der Waals surface area contributed by atoms with Crippen LogP contribution in [0.2, 0.25) is 0 Å². The van der Waals surface area contributed by atoms with E-state index < -0.39 is 11.2 Å². The van der Waals surface area contributed by atoms with E-state index in [0.29, 0.717) is 0 Å². The van der Waals surface area contributed by atoms with Crippen molar-refractivity contribution < 1.29 is 14.7 Å². The van der Waals surface area contributed by atoms with Gasteiger partial charge in [-0.1, -0.05) is 0 Å². The summed E-state index contributed by atoms with van der Waals surface area (Å²) in [6, 6.07) is 0. The zero-order valence-electron chi connectivity index (χ0n) is 5.90. The Hall–Kier alpha value is -1.36. The average molecular weight is 189 g/mol. The van der Waals surface area contributed by atoms with Gasteiger partial charge in [-0.25, -0.2) is 4.79 Å². The summed E-state index contributed by atoms with van der Waals surface area (Å²) in [6.07, 6.45) is 2.39. The molecule has 0 saturated carbocycles. The molecule has 1 N–H and O–H groups in total. The molecule has 5 nitrogen and oxygen atoms in total. The van der Waals surface area contributed by atoms with E-state index in [9.17, 15) is 9.59 Å². The monoisotopic (exact) mass is 188 g/mol. The fraction of sp³-hybridized carbons (Fsp3) is 0.167. The van der Waals surface area contributed by atoms with E-state index in [1.165, 1.54) is 10.9 Å².